The predicted octanol–water partition coefficient (Wildman–Crippen LogP) is 2.56. The van der Waals surface area contributed by atoms with Crippen molar-refractivity contribution in [3.05, 3.63) is 23.4 Å². The van der Waals surface area contributed by atoms with Crippen LogP contribution in [0.3, 0.4) is 0 Å². The Labute approximate surface area is 80.2 Å². The van der Waals surface area contributed by atoms with Crippen LogP contribution in [0, 0.1) is 12.8 Å². The quantitative estimate of drug-likeness (QED) is 0.772. The van der Waals surface area contributed by atoms with Gasteiger partial charge in [-0.05, 0) is 36.8 Å². The topological polar surface area (TPSA) is 38.9 Å². The van der Waals surface area contributed by atoms with Crippen molar-refractivity contribution in [3.8, 4) is 0 Å². The van der Waals surface area contributed by atoms with Crippen LogP contribution in [0.15, 0.2) is 12.3 Å². The number of pyridine rings is 1. The van der Waals surface area contributed by atoms with Gasteiger partial charge in [0.1, 0.15) is 5.82 Å². The molecule has 0 aliphatic rings. The van der Waals surface area contributed by atoms with Crippen molar-refractivity contribution in [2.24, 2.45) is 5.92 Å². The molecule has 0 aliphatic heterocycles. The second kappa shape index (κ2) is 4.26. The van der Waals surface area contributed by atoms with Crippen LogP contribution in [0.2, 0.25) is 0 Å². The summed E-state index contributed by atoms with van der Waals surface area (Å²) in [5.41, 5.74) is 8.14. The van der Waals surface area contributed by atoms with E-state index in [0.29, 0.717) is 5.82 Å². The first-order valence-electron chi connectivity index (χ1n) is 4.80. The molecule has 1 heterocycles. The fourth-order valence-corrected chi connectivity index (χ4v) is 1.28. The van der Waals surface area contributed by atoms with E-state index in [2.05, 4.69) is 24.9 Å². The molecule has 0 bridgehead atoms. The lowest BCUT2D eigenvalue weighted by Gasteiger charge is -2.07. The van der Waals surface area contributed by atoms with Crippen molar-refractivity contribution >= 4 is 5.82 Å². The molecule has 2 heteroatoms. The maximum atomic E-state index is 5.76. The first-order valence-corrected chi connectivity index (χ1v) is 4.80. The third-order valence-electron chi connectivity index (χ3n) is 2.13. The van der Waals surface area contributed by atoms with E-state index in [1.165, 1.54) is 17.5 Å². The summed E-state index contributed by atoms with van der Waals surface area (Å²) in [6.45, 7) is 6.49. The molecule has 72 valence electrons. The number of nitrogens with two attached hydrogens (primary N) is 1. The molecular formula is C11H18N2. The smallest absolute Gasteiger partial charge is 0.126 e. The standard InChI is InChI=1S/C11H18N2/c1-8(2)4-5-10-6-9(3)7-13-11(10)12/h6-8H,4-5H2,1-3H3,(H2,12,13). The molecule has 1 aromatic heterocycles. The summed E-state index contributed by atoms with van der Waals surface area (Å²) < 4.78 is 0. The van der Waals surface area contributed by atoms with E-state index in [9.17, 15) is 0 Å². The summed E-state index contributed by atoms with van der Waals surface area (Å²) in [6, 6.07) is 2.13. The molecule has 0 saturated carbocycles. The lowest BCUT2D eigenvalue weighted by molar-refractivity contribution is 0.586. The zero-order valence-corrected chi connectivity index (χ0v) is 8.67. The van der Waals surface area contributed by atoms with Crippen LogP contribution >= 0.6 is 0 Å². The van der Waals surface area contributed by atoms with E-state index in [1.54, 1.807) is 0 Å². The van der Waals surface area contributed by atoms with E-state index in [4.69, 9.17) is 5.73 Å². The van der Waals surface area contributed by atoms with Crippen LogP contribution in [-0.4, -0.2) is 4.98 Å². The molecule has 13 heavy (non-hydrogen) atoms. The lowest BCUT2D eigenvalue weighted by Crippen LogP contribution is -2.00. The zero-order chi connectivity index (χ0) is 9.84. The largest absolute Gasteiger partial charge is 0.383 e. The summed E-state index contributed by atoms with van der Waals surface area (Å²) in [4.78, 5) is 4.13. The van der Waals surface area contributed by atoms with Crippen LogP contribution in [0.5, 0.6) is 0 Å². The monoisotopic (exact) mass is 178 g/mol. The van der Waals surface area contributed by atoms with Gasteiger partial charge >= 0.3 is 0 Å². The van der Waals surface area contributed by atoms with Crippen LogP contribution in [0.25, 0.3) is 0 Å². The highest BCUT2D eigenvalue weighted by Crippen LogP contribution is 2.14. The van der Waals surface area contributed by atoms with Crippen molar-refractivity contribution in [3.63, 3.8) is 0 Å². The Morgan fingerprint density at radius 2 is 2.15 bits per heavy atom. The van der Waals surface area contributed by atoms with Gasteiger partial charge in [-0.1, -0.05) is 19.9 Å². The molecule has 0 atom stereocenters. The average Bonchev–Trinajstić information content (AvgIpc) is 2.06. The summed E-state index contributed by atoms with van der Waals surface area (Å²) in [5, 5.41) is 0. The van der Waals surface area contributed by atoms with Gasteiger partial charge in [-0.15, -0.1) is 0 Å². The third-order valence-corrected chi connectivity index (χ3v) is 2.13. The van der Waals surface area contributed by atoms with Gasteiger partial charge in [-0.25, -0.2) is 4.98 Å². The van der Waals surface area contributed by atoms with Crippen LogP contribution in [-0.2, 0) is 6.42 Å². The average molecular weight is 178 g/mol. The number of hydrogen-bond donors (Lipinski definition) is 1. The van der Waals surface area contributed by atoms with Gasteiger partial charge < -0.3 is 5.73 Å². The molecule has 0 amide bonds. The van der Waals surface area contributed by atoms with Gasteiger partial charge in [-0.3, -0.25) is 0 Å². The molecular weight excluding hydrogens is 160 g/mol. The first kappa shape index (κ1) is 10.0. The molecule has 0 spiro atoms. The first-order chi connectivity index (χ1) is 6.09. The normalized spacial score (nSPS) is 10.8. The van der Waals surface area contributed by atoms with Crippen molar-refractivity contribution in [2.75, 3.05) is 5.73 Å². The van der Waals surface area contributed by atoms with Crippen molar-refractivity contribution < 1.29 is 0 Å². The number of nitrogen functional groups attached to an aromatic ring is 1. The van der Waals surface area contributed by atoms with Gasteiger partial charge in [0, 0.05) is 6.20 Å². The maximum absolute atomic E-state index is 5.76. The zero-order valence-electron chi connectivity index (χ0n) is 8.67. The summed E-state index contributed by atoms with van der Waals surface area (Å²) in [7, 11) is 0. The Bertz CT molecular complexity index is 279. The molecule has 0 saturated heterocycles. The molecule has 1 aromatic rings. The Kier molecular flexibility index (Phi) is 3.29. The van der Waals surface area contributed by atoms with Crippen LogP contribution in [0.1, 0.15) is 31.4 Å². The van der Waals surface area contributed by atoms with Gasteiger partial charge in [0.2, 0.25) is 0 Å². The molecule has 2 N–H and O–H groups in total. The molecule has 0 aromatic carbocycles. The second-order valence-corrected chi connectivity index (χ2v) is 3.99. The fourth-order valence-electron chi connectivity index (χ4n) is 1.28. The van der Waals surface area contributed by atoms with E-state index in [-0.39, 0.29) is 0 Å². The Hall–Kier alpha value is -1.05. The van der Waals surface area contributed by atoms with Gasteiger partial charge in [0.25, 0.3) is 0 Å². The number of nitrogens with zero attached hydrogens (tertiary/aromatic N) is 1. The van der Waals surface area contributed by atoms with Gasteiger partial charge in [0.05, 0.1) is 0 Å². The molecule has 1 rings (SSSR count). The highest BCUT2D eigenvalue weighted by Gasteiger charge is 2.02. The van der Waals surface area contributed by atoms with E-state index in [1.807, 2.05) is 13.1 Å². The number of aryl methyl sites for hydroxylation is 2. The maximum Gasteiger partial charge on any atom is 0.126 e. The summed E-state index contributed by atoms with van der Waals surface area (Å²) in [5.74, 6) is 1.41. The Morgan fingerprint density at radius 3 is 2.77 bits per heavy atom. The summed E-state index contributed by atoms with van der Waals surface area (Å²) >= 11 is 0. The predicted molar refractivity (Wildman–Crippen MR) is 56.5 cm³/mol. The minimum absolute atomic E-state index is 0.686. The van der Waals surface area contributed by atoms with Crippen molar-refractivity contribution in [1.29, 1.82) is 0 Å². The van der Waals surface area contributed by atoms with E-state index >= 15 is 0 Å². The number of anilines is 1. The lowest BCUT2D eigenvalue weighted by atomic mass is 10.0. The van der Waals surface area contributed by atoms with Gasteiger partial charge in [-0.2, -0.15) is 0 Å². The van der Waals surface area contributed by atoms with Gasteiger partial charge in [0.15, 0.2) is 0 Å². The molecule has 0 unspecified atom stereocenters. The van der Waals surface area contributed by atoms with Crippen LogP contribution < -0.4 is 5.73 Å². The van der Waals surface area contributed by atoms with Crippen molar-refractivity contribution in [2.45, 2.75) is 33.6 Å². The third kappa shape index (κ3) is 3.05. The SMILES string of the molecule is Cc1cnc(N)c(CCC(C)C)c1. The second-order valence-electron chi connectivity index (χ2n) is 3.99. The fraction of sp³-hybridized carbons (Fsp3) is 0.545. The van der Waals surface area contributed by atoms with Crippen molar-refractivity contribution in [1.82, 2.24) is 4.98 Å². The summed E-state index contributed by atoms with van der Waals surface area (Å²) in [6.07, 6.45) is 4.03. The molecule has 0 aliphatic carbocycles. The Balaban J connectivity index is 2.70. The number of hydrogen-bond acceptors (Lipinski definition) is 2. The Morgan fingerprint density at radius 1 is 1.46 bits per heavy atom. The van der Waals surface area contributed by atoms with E-state index in [0.717, 1.165) is 12.3 Å². The highest BCUT2D eigenvalue weighted by molar-refractivity contribution is 5.40. The minimum atomic E-state index is 0.686. The van der Waals surface area contributed by atoms with E-state index < -0.39 is 0 Å². The van der Waals surface area contributed by atoms with Crippen LogP contribution in [0.4, 0.5) is 5.82 Å². The molecule has 2 nitrogen and oxygen atoms in total. The highest BCUT2D eigenvalue weighted by atomic mass is 14.8. The number of rotatable bonds is 3. The molecule has 0 fully saturated rings. The molecule has 0 radical (unpaired) electrons. The minimum Gasteiger partial charge on any atom is -0.383 e. The number of aromatic nitrogens is 1.